The Labute approximate surface area is 204 Å². The van der Waals surface area contributed by atoms with Crippen molar-refractivity contribution in [3.05, 3.63) is 55.4 Å². The number of hydrogen-bond acceptors (Lipinski definition) is 5. The summed E-state index contributed by atoms with van der Waals surface area (Å²) in [4.78, 5) is 24.5. The Kier molecular flexibility index (Phi) is 10.0. The lowest BCUT2D eigenvalue weighted by atomic mass is 10.2. The van der Waals surface area contributed by atoms with Crippen LogP contribution >= 0.6 is 60.0 Å². The van der Waals surface area contributed by atoms with Crippen LogP contribution in [0.25, 0.3) is 0 Å². The summed E-state index contributed by atoms with van der Waals surface area (Å²) in [6.45, 7) is 2.21. The molecule has 2 aromatic carbocycles. The molecule has 30 heavy (non-hydrogen) atoms. The fourth-order valence-electron chi connectivity index (χ4n) is 2.12. The predicted octanol–water partition coefficient (Wildman–Crippen LogP) is 4.48. The van der Waals surface area contributed by atoms with E-state index in [1.165, 1.54) is 0 Å². The molecule has 0 saturated heterocycles. The van der Waals surface area contributed by atoms with E-state index < -0.39 is 11.8 Å². The molecule has 0 saturated carbocycles. The SMILES string of the molecule is CCCOc1ccc(Br)cc1C(=O)NC(=S)NNC(=O)COc1ccc(Br)cc1Br. The van der Waals surface area contributed by atoms with Crippen molar-refractivity contribution in [2.24, 2.45) is 0 Å². The Hall–Kier alpha value is -1.69. The van der Waals surface area contributed by atoms with Gasteiger partial charge in [0.05, 0.1) is 16.6 Å². The number of hydrazine groups is 1. The maximum atomic E-state index is 12.5. The van der Waals surface area contributed by atoms with E-state index in [1.807, 2.05) is 6.92 Å². The molecule has 0 bridgehead atoms. The molecule has 2 amide bonds. The molecule has 0 aromatic heterocycles. The first kappa shape index (κ1) is 24.6. The molecule has 0 radical (unpaired) electrons. The third-order valence-electron chi connectivity index (χ3n) is 3.44. The molecule has 0 spiro atoms. The van der Waals surface area contributed by atoms with Gasteiger partial charge in [0.2, 0.25) is 0 Å². The number of rotatable bonds is 7. The Morgan fingerprint density at radius 3 is 2.30 bits per heavy atom. The van der Waals surface area contributed by atoms with Crippen LogP contribution in [0, 0.1) is 0 Å². The highest BCUT2D eigenvalue weighted by Gasteiger charge is 2.15. The van der Waals surface area contributed by atoms with Crippen LogP contribution in [0.1, 0.15) is 23.7 Å². The van der Waals surface area contributed by atoms with Crippen LogP contribution in [0.2, 0.25) is 0 Å². The van der Waals surface area contributed by atoms with Crippen LogP contribution in [-0.2, 0) is 4.79 Å². The monoisotopic (exact) mass is 621 g/mol. The van der Waals surface area contributed by atoms with Crippen molar-refractivity contribution in [1.82, 2.24) is 16.2 Å². The average molecular weight is 624 g/mol. The second-order valence-corrected chi connectivity index (χ2v) is 8.90. The first-order valence-electron chi connectivity index (χ1n) is 8.70. The van der Waals surface area contributed by atoms with Crippen LogP contribution in [-0.4, -0.2) is 30.1 Å². The normalized spacial score (nSPS) is 10.1. The van der Waals surface area contributed by atoms with Gasteiger partial charge in [-0.3, -0.25) is 25.8 Å². The number of carbonyl (C=O) groups excluding carboxylic acids is 2. The molecular formula is C19H18Br3N3O4S. The lowest BCUT2D eigenvalue weighted by molar-refractivity contribution is -0.123. The Morgan fingerprint density at radius 1 is 0.967 bits per heavy atom. The molecule has 0 fully saturated rings. The Morgan fingerprint density at radius 2 is 1.63 bits per heavy atom. The fraction of sp³-hybridized carbons (Fsp3) is 0.211. The number of nitrogens with one attached hydrogen (secondary N) is 3. The van der Waals surface area contributed by atoms with Gasteiger partial charge >= 0.3 is 0 Å². The van der Waals surface area contributed by atoms with Gasteiger partial charge in [0.15, 0.2) is 11.7 Å². The van der Waals surface area contributed by atoms with E-state index in [9.17, 15) is 9.59 Å². The number of ether oxygens (including phenoxy) is 2. The zero-order valence-electron chi connectivity index (χ0n) is 15.8. The van der Waals surface area contributed by atoms with E-state index in [1.54, 1.807) is 36.4 Å². The van der Waals surface area contributed by atoms with Gasteiger partial charge in [-0.25, -0.2) is 0 Å². The summed E-state index contributed by atoms with van der Waals surface area (Å²) in [7, 11) is 0. The van der Waals surface area contributed by atoms with Crippen LogP contribution in [0.15, 0.2) is 49.8 Å². The summed E-state index contributed by atoms with van der Waals surface area (Å²) < 4.78 is 13.3. The maximum Gasteiger partial charge on any atom is 0.276 e. The number of thiocarbonyl (C=S) groups is 1. The van der Waals surface area contributed by atoms with Gasteiger partial charge in [0.1, 0.15) is 11.5 Å². The van der Waals surface area contributed by atoms with Gasteiger partial charge in [-0.15, -0.1) is 0 Å². The first-order valence-corrected chi connectivity index (χ1v) is 11.5. The molecule has 2 aromatic rings. The molecule has 2 rings (SSSR count). The van der Waals surface area contributed by atoms with Crippen molar-refractivity contribution in [2.45, 2.75) is 13.3 Å². The van der Waals surface area contributed by atoms with Crippen molar-refractivity contribution in [1.29, 1.82) is 0 Å². The van der Waals surface area contributed by atoms with Crippen molar-refractivity contribution in [3.63, 3.8) is 0 Å². The van der Waals surface area contributed by atoms with Gasteiger partial charge in [-0.2, -0.15) is 0 Å². The van der Waals surface area contributed by atoms with Gasteiger partial charge in [-0.1, -0.05) is 38.8 Å². The molecule has 0 atom stereocenters. The molecule has 7 nitrogen and oxygen atoms in total. The van der Waals surface area contributed by atoms with E-state index >= 15 is 0 Å². The molecule has 11 heteroatoms. The van der Waals surface area contributed by atoms with Crippen molar-refractivity contribution < 1.29 is 19.1 Å². The number of hydrogen-bond donors (Lipinski definition) is 3. The lowest BCUT2D eigenvalue weighted by Gasteiger charge is -2.14. The largest absolute Gasteiger partial charge is 0.493 e. The molecule has 0 aliphatic carbocycles. The van der Waals surface area contributed by atoms with Gasteiger partial charge in [0, 0.05) is 8.95 Å². The molecule has 0 aliphatic heterocycles. The summed E-state index contributed by atoms with van der Waals surface area (Å²) in [5.41, 5.74) is 5.15. The third kappa shape index (κ3) is 7.86. The summed E-state index contributed by atoms with van der Waals surface area (Å²) in [5.74, 6) is 0.0105. The molecule has 0 aliphatic rings. The second kappa shape index (κ2) is 12.2. The molecular weight excluding hydrogens is 606 g/mol. The minimum Gasteiger partial charge on any atom is -0.493 e. The number of amides is 2. The van der Waals surface area contributed by atoms with Crippen molar-refractivity contribution in [2.75, 3.05) is 13.2 Å². The van der Waals surface area contributed by atoms with E-state index in [-0.39, 0.29) is 11.7 Å². The Balaban J connectivity index is 1.84. The summed E-state index contributed by atoms with van der Waals surface area (Å²) in [6, 6.07) is 10.4. The standard InChI is InChI=1S/C19H18Br3N3O4S/c1-2-7-28-15-5-3-11(20)8-13(15)18(27)23-19(30)25-24-17(26)10-29-16-6-4-12(21)9-14(16)22/h3-6,8-9H,2,7,10H2,1H3,(H,24,26)(H2,23,25,27,30). The van der Waals surface area contributed by atoms with Crippen LogP contribution in [0.5, 0.6) is 11.5 Å². The van der Waals surface area contributed by atoms with Gasteiger partial charge in [0.25, 0.3) is 11.8 Å². The van der Waals surface area contributed by atoms with Crippen LogP contribution in [0.4, 0.5) is 0 Å². The molecule has 3 N–H and O–H groups in total. The van der Waals surface area contributed by atoms with Gasteiger partial charge in [-0.05, 0) is 71.0 Å². The number of benzene rings is 2. The van der Waals surface area contributed by atoms with Crippen molar-refractivity contribution >= 4 is 76.9 Å². The second-order valence-electron chi connectivity index (χ2n) is 5.81. The highest BCUT2D eigenvalue weighted by molar-refractivity contribution is 9.11. The third-order valence-corrected chi connectivity index (χ3v) is 5.25. The molecule has 160 valence electrons. The van der Waals surface area contributed by atoms with E-state index in [0.29, 0.717) is 28.1 Å². The predicted molar refractivity (Wildman–Crippen MR) is 129 cm³/mol. The smallest absolute Gasteiger partial charge is 0.276 e. The fourth-order valence-corrected chi connectivity index (χ4v) is 3.78. The van der Waals surface area contributed by atoms with E-state index in [0.717, 1.165) is 15.4 Å². The highest BCUT2D eigenvalue weighted by atomic mass is 79.9. The zero-order chi connectivity index (χ0) is 22.1. The van der Waals surface area contributed by atoms with Gasteiger partial charge < -0.3 is 9.47 Å². The topological polar surface area (TPSA) is 88.7 Å². The summed E-state index contributed by atoms with van der Waals surface area (Å²) in [5, 5.41) is 2.43. The minimum atomic E-state index is -0.476. The van der Waals surface area contributed by atoms with Crippen LogP contribution < -0.4 is 25.6 Å². The number of carbonyl (C=O) groups is 2. The number of halogens is 3. The van der Waals surface area contributed by atoms with E-state index in [2.05, 4.69) is 64.0 Å². The average Bonchev–Trinajstić information content (AvgIpc) is 2.70. The molecule has 0 unspecified atom stereocenters. The lowest BCUT2D eigenvalue weighted by Crippen LogP contribution is -2.49. The zero-order valence-corrected chi connectivity index (χ0v) is 21.3. The van der Waals surface area contributed by atoms with Crippen LogP contribution in [0.3, 0.4) is 0 Å². The minimum absolute atomic E-state index is 0.0698. The summed E-state index contributed by atoms with van der Waals surface area (Å²) >= 11 is 15.1. The molecule has 0 heterocycles. The van der Waals surface area contributed by atoms with E-state index in [4.69, 9.17) is 21.7 Å². The highest BCUT2D eigenvalue weighted by Crippen LogP contribution is 2.28. The Bertz CT molecular complexity index is 943. The summed E-state index contributed by atoms with van der Waals surface area (Å²) in [6.07, 6.45) is 0.808. The van der Waals surface area contributed by atoms with Crippen molar-refractivity contribution in [3.8, 4) is 11.5 Å². The first-order chi connectivity index (χ1) is 14.3. The quantitative estimate of drug-likeness (QED) is 0.312. The maximum absolute atomic E-state index is 12.5.